The third-order valence-corrected chi connectivity index (χ3v) is 3.12. The van der Waals surface area contributed by atoms with Crippen LogP contribution in [0.15, 0.2) is 30.3 Å². The van der Waals surface area contributed by atoms with Crippen LogP contribution >= 0.6 is 11.6 Å². The number of hydrogen-bond donors (Lipinski definition) is 2. The van der Waals surface area contributed by atoms with E-state index in [0.717, 1.165) is 12.8 Å². The molecule has 5 heteroatoms. The Morgan fingerprint density at radius 2 is 1.89 bits per heavy atom. The molecule has 4 nitrogen and oxygen atoms in total. The summed E-state index contributed by atoms with van der Waals surface area (Å²) in [6, 6.07) is 10.2. The molecule has 0 bridgehead atoms. The normalized spacial score (nSPS) is 15.8. The molecule has 1 aromatic rings. The van der Waals surface area contributed by atoms with Crippen LogP contribution in [-0.2, 0) is 5.88 Å². The van der Waals surface area contributed by atoms with Gasteiger partial charge in [0, 0.05) is 25.0 Å². The summed E-state index contributed by atoms with van der Waals surface area (Å²) in [7, 11) is 0. The van der Waals surface area contributed by atoms with Crippen molar-refractivity contribution in [2.45, 2.75) is 24.8 Å². The first-order chi connectivity index (χ1) is 8.63. The maximum Gasteiger partial charge on any atom is 0.407 e. The van der Waals surface area contributed by atoms with Crippen LogP contribution < -0.4 is 5.73 Å². The molecule has 0 unspecified atom stereocenters. The molecule has 2 rings (SSSR count). The topological polar surface area (TPSA) is 66.6 Å². The zero-order valence-corrected chi connectivity index (χ0v) is 11.0. The molecule has 18 heavy (non-hydrogen) atoms. The molecule has 1 fully saturated rings. The van der Waals surface area contributed by atoms with Gasteiger partial charge in [0.25, 0.3) is 0 Å². The highest BCUT2D eigenvalue weighted by molar-refractivity contribution is 6.17. The number of amides is 1. The Kier molecular flexibility index (Phi) is 6.54. The van der Waals surface area contributed by atoms with Crippen molar-refractivity contribution < 1.29 is 9.90 Å². The smallest absolute Gasteiger partial charge is 0.407 e. The van der Waals surface area contributed by atoms with E-state index in [0.29, 0.717) is 19.0 Å². The standard InChI is InChI=1S/C7H7Cl.C6H12N2O2/c8-6-7-4-2-1-3-5-7;7-5-1-3-8(4-2-5)6(9)10/h1-5H,6H2;5H,1-4,7H2,(H,9,10). The zero-order valence-electron chi connectivity index (χ0n) is 10.3. The van der Waals surface area contributed by atoms with Crippen LogP contribution in [-0.4, -0.2) is 35.2 Å². The van der Waals surface area contributed by atoms with E-state index in [4.69, 9.17) is 22.4 Å². The van der Waals surface area contributed by atoms with Crippen LogP contribution in [0.25, 0.3) is 0 Å². The third-order valence-electron chi connectivity index (χ3n) is 2.81. The number of carbonyl (C=O) groups is 1. The average molecular weight is 271 g/mol. The van der Waals surface area contributed by atoms with Gasteiger partial charge in [0.15, 0.2) is 0 Å². The lowest BCUT2D eigenvalue weighted by molar-refractivity contribution is 0.132. The van der Waals surface area contributed by atoms with Crippen molar-refractivity contribution in [2.75, 3.05) is 13.1 Å². The van der Waals surface area contributed by atoms with Crippen LogP contribution in [0.4, 0.5) is 4.79 Å². The Hall–Kier alpha value is -1.26. The number of rotatable bonds is 1. The number of hydrogen-bond acceptors (Lipinski definition) is 2. The van der Waals surface area contributed by atoms with Gasteiger partial charge in [0.1, 0.15) is 0 Å². The SMILES string of the molecule is ClCc1ccccc1.NC1CCN(C(=O)O)CC1. The van der Waals surface area contributed by atoms with E-state index >= 15 is 0 Å². The van der Waals surface area contributed by atoms with Gasteiger partial charge in [-0.05, 0) is 18.4 Å². The van der Waals surface area contributed by atoms with Crippen molar-refractivity contribution in [3.05, 3.63) is 35.9 Å². The molecule has 1 aliphatic rings. The number of halogens is 1. The summed E-state index contributed by atoms with van der Waals surface area (Å²) < 4.78 is 0. The van der Waals surface area contributed by atoms with Crippen molar-refractivity contribution >= 4 is 17.7 Å². The number of piperidine rings is 1. The highest BCUT2D eigenvalue weighted by atomic mass is 35.5. The Labute approximate surface area is 112 Å². The Balaban J connectivity index is 0.000000184. The summed E-state index contributed by atoms with van der Waals surface area (Å²) in [6.07, 6.45) is 0.769. The van der Waals surface area contributed by atoms with Gasteiger partial charge in [0.2, 0.25) is 0 Å². The maximum atomic E-state index is 10.3. The van der Waals surface area contributed by atoms with Gasteiger partial charge in [-0.1, -0.05) is 30.3 Å². The Morgan fingerprint density at radius 1 is 1.33 bits per heavy atom. The molecular formula is C13H19ClN2O2. The summed E-state index contributed by atoms with van der Waals surface area (Å²) in [5, 5.41) is 8.51. The molecule has 3 N–H and O–H groups in total. The predicted octanol–water partition coefficient (Wildman–Crippen LogP) is 2.51. The molecule has 1 amide bonds. The second-order valence-electron chi connectivity index (χ2n) is 4.23. The molecule has 0 aromatic heterocycles. The minimum atomic E-state index is -0.827. The molecule has 0 aliphatic carbocycles. The van der Waals surface area contributed by atoms with Gasteiger partial charge >= 0.3 is 6.09 Å². The molecule has 0 spiro atoms. The lowest BCUT2D eigenvalue weighted by Gasteiger charge is -2.27. The molecular weight excluding hydrogens is 252 g/mol. The largest absolute Gasteiger partial charge is 0.465 e. The van der Waals surface area contributed by atoms with Crippen LogP contribution in [0.1, 0.15) is 18.4 Å². The number of alkyl halides is 1. The minimum absolute atomic E-state index is 0.204. The first-order valence-corrected chi connectivity index (χ1v) is 6.50. The second-order valence-corrected chi connectivity index (χ2v) is 4.49. The van der Waals surface area contributed by atoms with E-state index in [1.807, 2.05) is 30.3 Å². The van der Waals surface area contributed by atoms with Crippen molar-refractivity contribution in [1.82, 2.24) is 4.90 Å². The first-order valence-electron chi connectivity index (χ1n) is 5.97. The summed E-state index contributed by atoms with van der Waals surface area (Å²) in [4.78, 5) is 11.8. The van der Waals surface area contributed by atoms with Crippen LogP contribution in [0.5, 0.6) is 0 Å². The van der Waals surface area contributed by atoms with E-state index < -0.39 is 6.09 Å². The monoisotopic (exact) mass is 270 g/mol. The van der Waals surface area contributed by atoms with Gasteiger partial charge < -0.3 is 15.7 Å². The summed E-state index contributed by atoms with van der Waals surface area (Å²) >= 11 is 5.53. The number of likely N-dealkylation sites (tertiary alicyclic amines) is 1. The second kappa shape index (κ2) is 7.95. The molecule has 1 aromatic carbocycles. The van der Waals surface area contributed by atoms with Gasteiger partial charge in [-0.2, -0.15) is 0 Å². The fraction of sp³-hybridized carbons (Fsp3) is 0.462. The van der Waals surface area contributed by atoms with Crippen LogP contribution in [0.2, 0.25) is 0 Å². The number of carboxylic acid groups (broad SMARTS) is 1. The fourth-order valence-corrected chi connectivity index (χ4v) is 1.84. The quantitative estimate of drug-likeness (QED) is 0.771. The number of nitrogens with two attached hydrogens (primary N) is 1. The van der Waals surface area contributed by atoms with E-state index in [9.17, 15) is 4.79 Å². The summed E-state index contributed by atoms with van der Waals surface area (Å²) in [5.74, 6) is 0.612. The molecule has 0 atom stereocenters. The third kappa shape index (κ3) is 5.38. The van der Waals surface area contributed by atoms with Crippen LogP contribution in [0.3, 0.4) is 0 Å². The van der Waals surface area contributed by atoms with Crippen LogP contribution in [0, 0.1) is 0 Å². The van der Waals surface area contributed by atoms with Gasteiger partial charge in [-0.25, -0.2) is 4.79 Å². The van der Waals surface area contributed by atoms with Gasteiger partial charge in [-0.15, -0.1) is 11.6 Å². The number of nitrogens with zero attached hydrogens (tertiary/aromatic N) is 1. The van der Waals surface area contributed by atoms with Crippen molar-refractivity contribution in [3.8, 4) is 0 Å². The highest BCUT2D eigenvalue weighted by Gasteiger charge is 2.18. The fourth-order valence-electron chi connectivity index (χ4n) is 1.66. The van der Waals surface area contributed by atoms with Gasteiger partial charge in [0.05, 0.1) is 0 Å². The summed E-state index contributed by atoms with van der Waals surface area (Å²) in [5.41, 5.74) is 6.75. The Bertz CT molecular complexity index is 351. The molecule has 0 radical (unpaired) electrons. The highest BCUT2D eigenvalue weighted by Crippen LogP contribution is 2.07. The van der Waals surface area contributed by atoms with Crippen molar-refractivity contribution in [3.63, 3.8) is 0 Å². The molecule has 100 valence electrons. The molecule has 1 heterocycles. The van der Waals surface area contributed by atoms with E-state index in [1.54, 1.807) is 0 Å². The van der Waals surface area contributed by atoms with E-state index in [-0.39, 0.29) is 6.04 Å². The van der Waals surface area contributed by atoms with E-state index in [1.165, 1.54) is 10.5 Å². The average Bonchev–Trinajstić information content (AvgIpc) is 2.41. The molecule has 0 saturated carbocycles. The maximum absolute atomic E-state index is 10.3. The van der Waals surface area contributed by atoms with Gasteiger partial charge in [-0.3, -0.25) is 0 Å². The molecule has 1 aliphatic heterocycles. The van der Waals surface area contributed by atoms with Crippen molar-refractivity contribution in [2.24, 2.45) is 5.73 Å². The first kappa shape index (κ1) is 14.8. The van der Waals surface area contributed by atoms with Crippen molar-refractivity contribution in [1.29, 1.82) is 0 Å². The predicted molar refractivity (Wildman–Crippen MR) is 72.8 cm³/mol. The zero-order chi connectivity index (χ0) is 13.4. The summed E-state index contributed by atoms with van der Waals surface area (Å²) in [6.45, 7) is 1.19. The lowest BCUT2D eigenvalue weighted by Crippen LogP contribution is -2.42. The molecule has 1 saturated heterocycles. The van der Waals surface area contributed by atoms with E-state index in [2.05, 4.69) is 0 Å². The lowest BCUT2D eigenvalue weighted by atomic mass is 10.1. The Morgan fingerprint density at radius 3 is 2.28 bits per heavy atom. The number of benzene rings is 1. The minimum Gasteiger partial charge on any atom is -0.465 e.